The summed E-state index contributed by atoms with van der Waals surface area (Å²) in [5, 5.41) is 4.49. The highest BCUT2D eigenvalue weighted by molar-refractivity contribution is 5.77. The Hall–Kier alpha value is -3.06. The van der Waals surface area contributed by atoms with Gasteiger partial charge in [-0.15, -0.1) is 5.10 Å². The molecular weight excluding hydrogens is 381 g/mol. The number of halogens is 1. The van der Waals surface area contributed by atoms with Gasteiger partial charge >= 0.3 is 0 Å². The van der Waals surface area contributed by atoms with Crippen LogP contribution in [-0.4, -0.2) is 38.2 Å². The molecule has 1 aromatic heterocycles. The van der Waals surface area contributed by atoms with Crippen LogP contribution in [0.1, 0.15) is 43.6 Å². The molecule has 158 valence electrons. The van der Waals surface area contributed by atoms with Gasteiger partial charge in [0.25, 0.3) is 0 Å². The first-order valence-corrected chi connectivity index (χ1v) is 10.2. The molecule has 2 atom stereocenters. The number of nitrogens with zero attached hydrogens (tertiary/aromatic N) is 4. The van der Waals surface area contributed by atoms with Crippen molar-refractivity contribution in [2.45, 2.75) is 44.7 Å². The highest BCUT2D eigenvalue weighted by Crippen LogP contribution is 2.30. The monoisotopic (exact) mass is 409 g/mol. The van der Waals surface area contributed by atoms with Gasteiger partial charge in [-0.05, 0) is 43.9 Å². The number of nitrogens with two attached hydrogens (primary N) is 1. The number of amides is 1. The van der Waals surface area contributed by atoms with E-state index in [9.17, 15) is 9.18 Å². The Kier molecular flexibility index (Phi) is 7.68. The summed E-state index contributed by atoms with van der Waals surface area (Å²) in [7, 11) is 0. The maximum absolute atomic E-state index is 13.8. The van der Waals surface area contributed by atoms with Gasteiger partial charge in [-0.2, -0.15) is 0 Å². The van der Waals surface area contributed by atoms with Crippen LogP contribution in [0.2, 0.25) is 0 Å². The Morgan fingerprint density at radius 2 is 2.10 bits per heavy atom. The number of carbonyl (C=O) groups is 1. The van der Waals surface area contributed by atoms with Crippen LogP contribution in [0.5, 0.6) is 0 Å². The highest BCUT2D eigenvalue weighted by Gasteiger charge is 2.33. The van der Waals surface area contributed by atoms with Crippen molar-refractivity contribution in [3.8, 4) is 0 Å². The van der Waals surface area contributed by atoms with Crippen molar-refractivity contribution in [2.24, 2.45) is 5.73 Å². The molecular formula is C23H28FN5O. The molecule has 2 heterocycles. The van der Waals surface area contributed by atoms with E-state index in [-0.39, 0.29) is 24.2 Å². The van der Waals surface area contributed by atoms with Crippen LogP contribution in [0.15, 0.2) is 61.0 Å². The molecule has 2 aromatic rings. The lowest BCUT2D eigenvalue weighted by molar-refractivity contribution is -0.132. The van der Waals surface area contributed by atoms with Crippen molar-refractivity contribution in [2.75, 3.05) is 6.54 Å². The molecule has 1 aliphatic rings. The number of hydrogen-bond acceptors (Lipinski definition) is 4. The number of aromatic nitrogens is 3. The molecule has 1 saturated heterocycles. The third-order valence-corrected chi connectivity index (χ3v) is 5.04. The quantitative estimate of drug-likeness (QED) is 0.675. The number of allylic oxidation sites excluding steroid dienone is 5. The normalized spacial score (nSPS) is 18.2. The van der Waals surface area contributed by atoms with E-state index in [1.807, 2.05) is 43.5 Å². The van der Waals surface area contributed by atoms with Crippen LogP contribution >= 0.6 is 0 Å². The summed E-state index contributed by atoms with van der Waals surface area (Å²) in [6.45, 7) is 2.62. The minimum Gasteiger partial charge on any atom is -0.332 e. The molecule has 0 saturated carbocycles. The van der Waals surface area contributed by atoms with Crippen LogP contribution < -0.4 is 5.73 Å². The summed E-state index contributed by atoms with van der Waals surface area (Å²) in [4.78, 5) is 19.0. The second-order valence-corrected chi connectivity index (χ2v) is 7.34. The molecule has 6 nitrogen and oxygen atoms in total. The molecule has 0 unspecified atom stereocenters. The van der Waals surface area contributed by atoms with E-state index in [0.717, 1.165) is 12.8 Å². The Morgan fingerprint density at radius 3 is 2.90 bits per heavy atom. The van der Waals surface area contributed by atoms with Crippen molar-refractivity contribution in [3.05, 3.63) is 78.2 Å². The lowest BCUT2D eigenvalue weighted by atomic mass is 10.0. The molecule has 0 radical (unpaired) electrons. The van der Waals surface area contributed by atoms with Gasteiger partial charge in [0, 0.05) is 25.2 Å². The molecule has 1 fully saturated rings. The molecule has 2 N–H and O–H groups in total. The van der Waals surface area contributed by atoms with Gasteiger partial charge in [-0.25, -0.2) is 14.1 Å². The van der Waals surface area contributed by atoms with E-state index >= 15 is 0 Å². The number of rotatable bonds is 8. The SMILES string of the molecule is CC=CC=CC=Cn1cnc([C@@H]2CCCN2C(=O)C[C@H](N)Cc2ccccc2F)n1. The molecule has 0 aliphatic carbocycles. The maximum Gasteiger partial charge on any atom is 0.224 e. The fraction of sp³-hybridized carbons (Fsp3) is 0.348. The molecule has 1 amide bonds. The zero-order chi connectivity index (χ0) is 21.3. The topological polar surface area (TPSA) is 77.0 Å². The summed E-state index contributed by atoms with van der Waals surface area (Å²) in [6, 6.07) is 5.95. The third-order valence-electron chi connectivity index (χ3n) is 5.04. The fourth-order valence-corrected chi connectivity index (χ4v) is 3.58. The first-order chi connectivity index (χ1) is 14.6. The first kappa shape index (κ1) is 21.6. The van der Waals surface area contributed by atoms with Crippen molar-refractivity contribution < 1.29 is 9.18 Å². The number of likely N-dealkylation sites (tertiary alicyclic amines) is 1. The van der Waals surface area contributed by atoms with E-state index < -0.39 is 6.04 Å². The largest absolute Gasteiger partial charge is 0.332 e. The van der Waals surface area contributed by atoms with Gasteiger partial charge in [0.1, 0.15) is 12.1 Å². The Balaban J connectivity index is 1.60. The van der Waals surface area contributed by atoms with E-state index in [1.165, 1.54) is 6.07 Å². The molecule has 3 rings (SSSR count). The van der Waals surface area contributed by atoms with Crippen LogP contribution in [0, 0.1) is 5.82 Å². The van der Waals surface area contributed by atoms with Gasteiger partial charge in [0.05, 0.1) is 6.04 Å². The Morgan fingerprint density at radius 1 is 1.30 bits per heavy atom. The number of hydrogen-bond donors (Lipinski definition) is 1. The predicted octanol–water partition coefficient (Wildman–Crippen LogP) is 3.64. The first-order valence-electron chi connectivity index (χ1n) is 10.2. The Labute approximate surface area is 176 Å². The summed E-state index contributed by atoms with van der Waals surface area (Å²) in [6.07, 6.45) is 15.3. The van der Waals surface area contributed by atoms with Gasteiger partial charge in [0.15, 0.2) is 5.82 Å². The van der Waals surface area contributed by atoms with Crippen LogP contribution in [0.25, 0.3) is 6.20 Å². The van der Waals surface area contributed by atoms with E-state index in [0.29, 0.717) is 24.4 Å². The second-order valence-electron chi connectivity index (χ2n) is 7.34. The molecule has 1 aliphatic heterocycles. The van der Waals surface area contributed by atoms with Crippen LogP contribution in [-0.2, 0) is 11.2 Å². The van der Waals surface area contributed by atoms with E-state index in [1.54, 1.807) is 34.1 Å². The fourth-order valence-electron chi connectivity index (χ4n) is 3.58. The highest BCUT2D eigenvalue weighted by atomic mass is 19.1. The Bertz CT molecular complexity index is 933. The summed E-state index contributed by atoms with van der Waals surface area (Å²) in [5.74, 6) is 0.302. The standard InChI is InChI=1S/C23H28FN5O/c1-2-3-4-5-8-13-28-17-26-23(27-28)21-12-9-14-29(21)22(30)16-19(25)15-18-10-6-7-11-20(18)24/h2-8,10-11,13,17,19,21H,9,12,14-16,25H2,1H3/t19-,21+/m1/s1. The zero-order valence-corrected chi connectivity index (χ0v) is 17.2. The average Bonchev–Trinajstić information content (AvgIpc) is 3.39. The van der Waals surface area contributed by atoms with E-state index in [2.05, 4.69) is 10.1 Å². The number of benzene rings is 1. The zero-order valence-electron chi connectivity index (χ0n) is 17.2. The lowest BCUT2D eigenvalue weighted by Crippen LogP contribution is -2.36. The van der Waals surface area contributed by atoms with Gasteiger partial charge < -0.3 is 10.6 Å². The van der Waals surface area contributed by atoms with Crippen molar-refractivity contribution in [1.82, 2.24) is 19.7 Å². The van der Waals surface area contributed by atoms with Gasteiger partial charge in [-0.1, -0.05) is 42.5 Å². The van der Waals surface area contributed by atoms with Crippen molar-refractivity contribution >= 4 is 12.1 Å². The molecule has 1 aromatic carbocycles. The number of carbonyl (C=O) groups excluding carboxylic acids is 1. The molecule has 0 bridgehead atoms. The summed E-state index contributed by atoms with van der Waals surface area (Å²) >= 11 is 0. The molecule has 0 spiro atoms. The third kappa shape index (κ3) is 5.73. The second kappa shape index (κ2) is 10.6. The minimum absolute atomic E-state index is 0.0393. The summed E-state index contributed by atoms with van der Waals surface area (Å²) in [5.41, 5.74) is 6.68. The minimum atomic E-state index is -0.437. The van der Waals surface area contributed by atoms with E-state index in [4.69, 9.17) is 5.73 Å². The molecule has 30 heavy (non-hydrogen) atoms. The molecule has 7 heteroatoms. The van der Waals surface area contributed by atoms with Crippen LogP contribution in [0.4, 0.5) is 4.39 Å². The van der Waals surface area contributed by atoms with Gasteiger partial charge in [0.2, 0.25) is 5.91 Å². The van der Waals surface area contributed by atoms with Gasteiger partial charge in [-0.3, -0.25) is 4.79 Å². The van der Waals surface area contributed by atoms with Crippen molar-refractivity contribution in [1.29, 1.82) is 0 Å². The average molecular weight is 410 g/mol. The maximum atomic E-state index is 13.8. The summed E-state index contributed by atoms with van der Waals surface area (Å²) < 4.78 is 15.5. The van der Waals surface area contributed by atoms with Crippen molar-refractivity contribution in [3.63, 3.8) is 0 Å². The van der Waals surface area contributed by atoms with Crippen LogP contribution in [0.3, 0.4) is 0 Å². The predicted molar refractivity (Wildman–Crippen MR) is 116 cm³/mol. The smallest absolute Gasteiger partial charge is 0.224 e. The lowest BCUT2D eigenvalue weighted by Gasteiger charge is -2.24.